The summed E-state index contributed by atoms with van der Waals surface area (Å²) in [7, 11) is 0. The second-order valence-electron chi connectivity index (χ2n) is 5.70. The first kappa shape index (κ1) is 15.8. The van der Waals surface area contributed by atoms with Gasteiger partial charge in [0, 0.05) is 24.7 Å². The summed E-state index contributed by atoms with van der Waals surface area (Å²) in [5, 5.41) is 3.54. The van der Waals surface area contributed by atoms with Crippen molar-refractivity contribution in [3.8, 4) is 0 Å². The van der Waals surface area contributed by atoms with Crippen LogP contribution in [0.5, 0.6) is 0 Å². The smallest absolute Gasteiger partial charge is 0.270 e. The van der Waals surface area contributed by atoms with E-state index in [1.54, 1.807) is 6.07 Å². The molecule has 0 unspecified atom stereocenters. The Balaban J connectivity index is 1.66. The van der Waals surface area contributed by atoms with Crippen molar-refractivity contribution in [1.29, 1.82) is 0 Å². The van der Waals surface area contributed by atoms with Gasteiger partial charge in [0.2, 0.25) is 0 Å². The Morgan fingerprint density at radius 1 is 1.09 bits per heavy atom. The van der Waals surface area contributed by atoms with E-state index < -0.39 is 0 Å². The predicted octanol–water partition coefficient (Wildman–Crippen LogP) is 3.66. The molecule has 0 bridgehead atoms. The van der Waals surface area contributed by atoms with Gasteiger partial charge in [0.1, 0.15) is 11.5 Å². The Morgan fingerprint density at radius 2 is 1.87 bits per heavy atom. The number of halogens is 1. The fraction of sp³-hybridized carbons (Fsp3) is 0.333. The van der Waals surface area contributed by atoms with Crippen LogP contribution in [0, 0.1) is 0 Å². The molecule has 2 heterocycles. The number of nitrogens with one attached hydrogen (secondary N) is 1. The number of rotatable bonds is 4. The summed E-state index contributed by atoms with van der Waals surface area (Å²) in [6, 6.07) is 13.1. The molecule has 1 aliphatic rings. The second kappa shape index (κ2) is 7.47. The molecule has 3 rings (SSSR count). The first-order valence-electron chi connectivity index (χ1n) is 7.97. The number of anilines is 1. The minimum Gasteiger partial charge on any atom is -0.357 e. The molecule has 0 atom stereocenters. The zero-order chi connectivity index (χ0) is 16.1. The van der Waals surface area contributed by atoms with Crippen LogP contribution in [0.4, 0.5) is 5.82 Å². The number of hydrogen-bond donors (Lipinski definition) is 1. The molecule has 1 aromatic heterocycles. The highest BCUT2D eigenvalue weighted by molar-refractivity contribution is 6.31. The highest BCUT2D eigenvalue weighted by Crippen LogP contribution is 2.18. The normalized spacial score (nSPS) is 14.6. The summed E-state index contributed by atoms with van der Waals surface area (Å²) < 4.78 is 0. The van der Waals surface area contributed by atoms with Crippen molar-refractivity contribution in [2.75, 3.05) is 18.0 Å². The predicted molar refractivity (Wildman–Crippen MR) is 92.9 cm³/mol. The number of hydrogen-bond acceptors (Lipinski definition) is 3. The Morgan fingerprint density at radius 3 is 2.65 bits per heavy atom. The zero-order valence-corrected chi connectivity index (χ0v) is 13.7. The largest absolute Gasteiger partial charge is 0.357 e. The zero-order valence-electron chi connectivity index (χ0n) is 13.0. The molecular weight excluding hydrogens is 310 g/mol. The van der Waals surface area contributed by atoms with E-state index in [1.807, 2.05) is 36.4 Å². The van der Waals surface area contributed by atoms with Crippen LogP contribution < -0.4 is 10.2 Å². The van der Waals surface area contributed by atoms with E-state index in [4.69, 9.17) is 11.6 Å². The summed E-state index contributed by atoms with van der Waals surface area (Å²) in [5.74, 6) is 0.707. The first-order chi connectivity index (χ1) is 11.2. The average molecular weight is 330 g/mol. The van der Waals surface area contributed by atoms with Crippen LogP contribution in [0.15, 0.2) is 42.5 Å². The lowest BCUT2D eigenvalue weighted by atomic mass is 10.1. The number of piperidine rings is 1. The fourth-order valence-corrected chi connectivity index (χ4v) is 2.96. The quantitative estimate of drug-likeness (QED) is 0.931. The van der Waals surface area contributed by atoms with Crippen molar-refractivity contribution < 1.29 is 4.79 Å². The van der Waals surface area contributed by atoms with E-state index in [1.165, 1.54) is 19.3 Å². The topological polar surface area (TPSA) is 45.2 Å². The van der Waals surface area contributed by atoms with Gasteiger partial charge in [-0.2, -0.15) is 0 Å². The highest BCUT2D eigenvalue weighted by atomic mass is 35.5. The van der Waals surface area contributed by atoms with Crippen LogP contribution in [-0.2, 0) is 6.54 Å². The molecule has 0 aliphatic carbocycles. The Labute approximate surface area is 141 Å². The maximum atomic E-state index is 12.3. The van der Waals surface area contributed by atoms with Gasteiger partial charge in [0.05, 0.1) is 0 Å². The van der Waals surface area contributed by atoms with Crippen LogP contribution in [0.1, 0.15) is 35.3 Å². The number of nitrogens with zero attached hydrogens (tertiary/aromatic N) is 2. The maximum Gasteiger partial charge on any atom is 0.270 e. The molecule has 2 aromatic rings. The molecule has 120 valence electrons. The van der Waals surface area contributed by atoms with Gasteiger partial charge < -0.3 is 10.2 Å². The van der Waals surface area contributed by atoms with E-state index in [0.717, 1.165) is 24.5 Å². The molecule has 23 heavy (non-hydrogen) atoms. The molecule has 1 amide bonds. The number of aromatic nitrogens is 1. The van der Waals surface area contributed by atoms with Crippen LogP contribution in [-0.4, -0.2) is 24.0 Å². The van der Waals surface area contributed by atoms with E-state index in [0.29, 0.717) is 17.3 Å². The summed E-state index contributed by atoms with van der Waals surface area (Å²) in [6.07, 6.45) is 3.64. The molecule has 0 radical (unpaired) electrons. The minimum absolute atomic E-state index is 0.177. The van der Waals surface area contributed by atoms with Gasteiger partial charge in [-0.05, 0) is 43.0 Å². The number of benzene rings is 1. The SMILES string of the molecule is O=C(NCc1ccccc1Cl)c1cccc(N2CCCCC2)n1. The van der Waals surface area contributed by atoms with Gasteiger partial charge in [-0.3, -0.25) is 4.79 Å². The van der Waals surface area contributed by atoms with E-state index >= 15 is 0 Å². The summed E-state index contributed by atoms with van der Waals surface area (Å²) >= 11 is 6.11. The number of amides is 1. The van der Waals surface area contributed by atoms with Gasteiger partial charge in [0.15, 0.2) is 0 Å². The summed E-state index contributed by atoms with van der Waals surface area (Å²) in [5.41, 5.74) is 1.34. The number of carbonyl (C=O) groups is 1. The fourth-order valence-electron chi connectivity index (χ4n) is 2.76. The van der Waals surface area contributed by atoms with E-state index in [-0.39, 0.29) is 5.91 Å². The molecule has 1 aliphatic heterocycles. The first-order valence-corrected chi connectivity index (χ1v) is 8.35. The molecule has 1 aromatic carbocycles. The monoisotopic (exact) mass is 329 g/mol. The van der Waals surface area contributed by atoms with Crippen LogP contribution >= 0.6 is 11.6 Å². The van der Waals surface area contributed by atoms with Crippen LogP contribution in [0.25, 0.3) is 0 Å². The third kappa shape index (κ3) is 4.02. The Hall–Kier alpha value is -2.07. The summed E-state index contributed by atoms with van der Waals surface area (Å²) in [6.45, 7) is 2.42. The molecule has 0 spiro atoms. The lowest BCUT2D eigenvalue weighted by molar-refractivity contribution is 0.0946. The van der Waals surface area contributed by atoms with Gasteiger partial charge >= 0.3 is 0 Å². The maximum absolute atomic E-state index is 12.3. The molecule has 1 N–H and O–H groups in total. The van der Waals surface area contributed by atoms with Gasteiger partial charge in [0.25, 0.3) is 5.91 Å². The van der Waals surface area contributed by atoms with Crippen molar-refractivity contribution in [1.82, 2.24) is 10.3 Å². The summed E-state index contributed by atoms with van der Waals surface area (Å²) in [4.78, 5) is 19.1. The number of pyridine rings is 1. The van der Waals surface area contributed by atoms with Crippen LogP contribution in [0.2, 0.25) is 5.02 Å². The van der Waals surface area contributed by atoms with Gasteiger partial charge in [-0.25, -0.2) is 4.98 Å². The van der Waals surface area contributed by atoms with E-state index in [9.17, 15) is 4.79 Å². The van der Waals surface area contributed by atoms with Crippen LogP contribution in [0.3, 0.4) is 0 Å². The molecule has 4 nitrogen and oxygen atoms in total. The molecule has 0 saturated carbocycles. The Bertz CT molecular complexity index is 683. The Kier molecular flexibility index (Phi) is 5.13. The van der Waals surface area contributed by atoms with Gasteiger partial charge in [-0.15, -0.1) is 0 Å². The lowest BCUT2D eigenvalue weighted by Gasteiger charge is -2.27. The van der Waals surface area contributed by atoms with Crippen molar-refractivity contribution in [2.24, 2.45) is 0 Å². The van der Waals surface area contributed by atoms with E-state index in [2.05, 4.69) is 15.2 Å². The average Bonchev–Trinajstić information content (AvgIpc) is 2.62. The number of carbonyl (C=O) groups excluding carboxylic acids is 1. The standard InChI is InChI=1S/C18H20ClN3O/c19-15-8-3-2-7-14(15)13-20-18(23)16-9-6-10-17(21-16)22-11-4-1-5-12-22/h2-3,6-10H,1,4-5,11-13H2,(H,20,23). The van der Waals surface area contributed by atoms with Crippen molar-refractivity contribution in [2.45, 2.75) is 25.8 Å². The van der Waals surface area contributed by atoms with Gasteiger partial charge in [-0.1, -0.05) is 35.9 Å². The lowest BCUT2D eigenvalue weighted by Crippen LogP contribution is -2.31. The third-order valence-corrected chi connectivity index (χ3v) is 4.41. The second-order valence-corrected chi connectivity index (χ2v) is 6.11. The molecule has 1 fully saturated rings. The van der Waals surface area contributed by atoms with Crippen molar-refractivity contribution in [3.63, 3.8) is 0 Å². The molecular formula is C18H20ClN3O. The van der Waals surface area contributed by atoms with Crippen molar-refractivity contribution >= 4 is 23.3 Å². The molecule has 1 saturated heterocycles. The van der Waals surface area contributed by atoms with Crippen molar-refractivity contribution in [3.05, 3.63) is 58.7 Å². The highest BCUT2D eigenvalue weighted by Gasteiger charge is 2.14. The third-order valence-electron chi connectivity index (χ3n) is 4.04. The molecule has 5 heteroatoms. The minimum atomic E-state index is -0.177.